The standard InChI is InChI=1S/C17H13BrN2/c1-19-16-8-13(18)9-20-17(16)12-4-5-14-10-2-3-11(6-10)15(14)7-12/h4-5,7-11H,2-3,6H2. The van der Waals surface area contributed by atoms with Crippen molar-refractivity contribution >= 4 is 21.6 Å². The van der Waals surface area contributed by atoms with Crippen LogP contribution in [0.25, 0.3) is 16.1 Å². The van der Waals surface area contributed by atoms with Crippen molar-refractivity contribution < 1.29 is 0 Å². The summed E-state index contributed by atoms with van der Waals surface area (Å²) in [6, 6.07) is 8.50. The van der Waals surface area contributed by atoms with Crippen LogP contribution in [0.1, 0.15) is 42.2 Å². The largest absolute Gasteiger partial charge is 0.267 e. The van der Waals surface area contributed by atoms with Gasteiger partial charge in [-0.1, -0.05) is 34.1 Å². The second-order valence-corrected chi connectivity index (χ2v) is 6.60. The third-order valence-electron chi connectivity index (χ3n) is 4.63. The Bertz CT molecular complexity index is 745. The molecule has 2 nitrogen and oxygen atoms in total. The van der Waals surface area contributed by atoms with Gasteiger partial charge in [0.1, 0.15) is 0 Å². The molecule has 98 valence electrons. The summed E-state index contributed by atoms with van der Waals surface area (Å²) in [7, 11) is 0. The van der Waals surface area contributed by atoms with Crippen molar-refractivity contribution in [3.8, 4) is 11.3 Å². The zero-order chi connectivity index (χ0) is 13.7. The highest BCUT2D eigenvalue weighted by Gasteiger charge is 2.36. The van der Waals surface area contributed by atoms with Crippen LogP contribution in [0.15, 0.2) is 34.9 Å². The second kappa shape index (κ2) is 4.43. The minimum atomic E-state index is 0.613. The van der Waals surface area contributed by atoms with Gasteiger partial charge < -0.3 is 0 Å². The molecule has 2 atom stereocenters. The summed E-state index contributed by atoms with van der Waals surface area (Å²) in [4.78, 5) is 8.05. The highest BCUT2D eigenvalue weighted by Crippen LogP contribution is 2.53. The van der Waals surface area contributed by atoms with Crippen molar-refractivity contribution in [2.24, 2.45) is 0 Å². The van der Waals surface area contributed by atoms with E-state index in [1.54, 1.807) is 6.20 Å². The van der Waals surface area contributed by atoms with E-state index in [1.165, 1.54) is 30.4 Å². The Hall–Kier alpha value is -1.66. The molecule has 2 aliphatic rings. The van der Waals surface area contributed by atoms with E-state index in [-0.39, 0.29) is 0 Å². The van der Waals surface area contributed by atoms with E-state index < -0.39 is 0 Å². The first-order valence-corrected chi connectivity index (χ1v) is 7.73. The van der Waals surface area contributed by atoms with E-state index in [2.05, 4.69) is 44.0 Å². The van der Waals surface area contributed by atoms with Crippen LogP contribution < -0.4 is 0 Å². The Morgan fingerprint density at radius 3 is 2.75 bits per heavy atom. The number of halogens is 1. The Morgan fingerprint density at radius 1 is 1.15 bits per heavy atom. The van der Waals surface area contributed by atoms with Crippen LogP contribution in [-0.2, 0) is 0 Å². The minimum absolute atomic E-state index is 0.613. The van der Waals surface area contributed by atoms with E-state index in [4.69, 9.17) is 6.57 Å². The number of benzene rings is 1. The van der Waals surface area contributed by atoms with Crippen molar-refractivity contribution in [1.82, 2.24) is 4.98 Å². The molecule has 0 spiro atoms. The fourth-order valence-corrected chi connectivity index (χ4v) is 4.05. The molecule has 0 radical (unpaired) electrons. The topological polar surface area (TPSA) is 17.2 Å². The van der Waals surface area contributed by atoms with Gasteiger partial charge in [0.25, 0.3) is 0 Å². The van der Waals surface area contributed by atoms with Gasteiger partial charge in [-0.05, 0) is 53.9 Å². The predicted octanol–water partition coefficient (Wildman–Crippen LogP) is 5.43. The SMILES string of the molecule is [C-]#[N+]c1cc(Br)cnc1-c1ccc2c(c1)C1CCC2C1. The first kappa shape index (κ1) is 12.1. The van der Waals surface area contributed by atoms with Gasteiger partial charge in [-0.3, -0.25) is 4.98 Å². The number of rotatable bonds is 1. The maximum atomic E-state index is 7.33. The minimum Gasteiger partial charge on any atom is -0.267 e. The summed E-state index contributed by atoms with van der Waals surface area (Å²) < 4.78 is 0.854. The molecule has 0 N–H and O–H groups in total. The van der Waals surface area contributed by atoms with Crippen molar-refractivity contribution in [3.05, 3.63) is 57.5 Å². The van der Waals surface area contributed by atoms with Crippen molar-refractivity contribution in [1.29, 1.82) is 0 Å². The first-order valence-electron chi connectivity index (χ1n) is 6.93. The maximum Gasteiger partial charge on any atom is 0.214 e. The normalized spacial score (nSPS) is 22.6. The van der Waals surface area contributed by atoms with E-state index in [9.17, 15) is 0 Å². The number of pyridine rings is 1. The maximum absolute atomic E-state index is 7.33. The zero-order valence-corrected chi connectivity index (χ0v) is 12.5. The Kier molecular flexibility index (Phi) is 2.68. The fourth-order valence-electron chi connectivity index (χ4n) is 3.73. The summed E-state index contributed by atoms with van der Waals surface area (Å²) in [5, 5.41) is 0. The van der Waals surface area contributed by atoms with Gasteiger partial charge in [-0.25, -0.2) is 4.85 Å². The van der Waals surface area contributed by atoms with Gasteiger partial charge in [0.2, 0.25) is 5.69 Å². The monoisotopic (exact) mass is 324 g/mol. The molecule has 0 saturated heterocycles. The van der Waals surface area contributed by atoms with Gasteiger partial charge in [-0.15, -0.1) is 0 Å². The summed E-state index contributed by atoms with van der Waals surface area (Å²) in [6.07, 6.45) is 5.76. The molecule has 0 amide bonds. The van der Waals surface area contributed by atoms with Gasteiger partial charge in [0, 0.05) is 10.7 Å². The quantitative estimate of drug-likeness (QED) is 0.639. The number of fused-ring (bicyclic) bond motifs is 5. The lowest BCUT2D eigenvalue weighted by Gasteiger charge is -2.16. The molecule has 3 heteroatoms. The second-order valence-electron chi connectivity index (χ2n) is 5.68. The van der Waals surface area contributed by atoms with E-state index >= 15 is 0 Å². The molecular formula is C17H13BrN2. The van der Waals surface area contributed by atoms with Crippen molar-refractivity contribution in [3.63, 3.8) is 0 Å². The lowest BCUT2D eigenvalue weighted by Crippen LogP contribution is -1.98. The predicted molar refractivity (Wildman–Crippen MR) is 83.0 cm³/mol. The molecule has 2 aliphatic carbocycles. The van der Waals surface area contributed by atoms with Gasteiger partial charge in [0.15, 0.2) is 0 Å². The molecule has 2 bridgehead atoms. The summed E-state index contributed by atoms with van der Waals surface area (Å²) in [5.74, 6) is 1.52. The molecule has 2 aromatic rings. The van der Waals surface area contributed by atoms with Crippen LogP contribution in [0, 0.1) is 6.57 Å². The summed E-state index contributed by atoms with van der Waals surface area (Å²) in [5.41, 5.74) is 5.52. The molecule has 20 heavy (non-hydrogen) atoms. The van der Waals surface area contributed by atoms with Crippen LogP contribution >= 0.6 is 15.9 Å². The Morgan fingerprint density at radius 2 is 1.95 bits per heavy atom. The number of nitrogens with zero attached hydrogens (tertiary/aromatic N) is 2. The molecule has 1 aromatic heterocycles. The molecule has 1 fully saturated rings. The highest BCUT2D eigenvalue weighted by molar-refractivity contribution is 9.10. The summed E-state index contributed by atoms with van der Waals surface area (Å²) >= 11 is 3.38. The smallest absolute Gasteiger partial charge is 0.214 e. The molecule has 2 unspecified atom stereocenters. The average Bonchev–Trinajstić information content (AvgIpc) is 3.08. The van der Waals surface area contributed by atoms with Gasteiger partial charge in [-0.2, -0.15) is 0 Å². The first-order chi connectivity index (χ1) is 9.76. The average molecular weight is 325 g/mol. The molecule has 0 aliphatic heterocycles. The van der Waals surface area contributed by atoms with Crippen molar-refractivity contribution in [2.75, 3.05) is 0 Å². The van der Waals surface area contributed by atoms with E-state index in [0.717, 1.165) is 27.6 Å². The van der Waals surface area contributed by atoms with E-state index in [1.807, 2.05) is 6.07 Å². The number of aromatic nitrogens is 1. The Balaban J connectivity index is 1.85. The number of hydrogen-bond donors (Lipinski definition) is 0. The van der Waals surface area contributed by atoms with Crippen LogP contribution in [0.4, 0.5) is 5.69 Å². The molecule has 4 rings (SSSR count). The van der Waals surface area contributed by atoms with Crippen LogP contribution in [0.5, 0.6) is 0 Å². The Labute approximate surface area is 126 Å². The van der Waals surface area contributed by atoms with E-state index in [0.29, 0.717) is 5.69 Å². The van der Waals surface area contributed by atoms with Crippen LogP contribution in [0.2, 0.25) is 0 Å². The highest BCUT2D eigenvalue weighted by atomic mass is 79.9. The summed E-state index contributed by atoms with van der Waals surface area (Å²) in [6.45, 7) is 7.33. The molecular weight excluding hydrogens is 312 g/mol. The molecule has 1 saturated carbocycles. The van der Waals surface area contributed by atoms with Gasteiger partial charge >= 0.3 is 0 Å². The van der Waals surface area contributed by atoms with Crippen LogP contribution in [0.3, 0.4) is 0 Å². The third kappa shape index (κ3) is 1.72. The lowest BCUT2D eigenvalue weighted by molar-refractivity contribution is 0.717. The van der Waals surface area contributed by atoms with Crippen molar-refractivity contribution in [2.45, 2.75) is 31.1 Å². The third-order valence-corrected chi connectivity index (χ3v) is 5.06. The van der Waals surface area contributed by atoms with Gasteiger partial charge in [0.05, 0.1) is 12.3 Å². The molecule has 1 aromatic carbocycles. The fraction of sp³-hybridized carbons (Fsp3) is 0.294. The zero-order valence-electron chi connectivity index (χ0n) is 10.9. The number of hydrogen-bond acceptors (Lipinski definition) is 1. The molecule has 1 heterocycles. The van der Waals surface area contributed by atoms with Crippen LogP contribution in [-0.4, -0.2) is 4.98 Å². The lowest BCUT2D eigenvalue weighted by atomic mass is 9.90.